The molecule has 0 aliphatic heterocycles. The van der Waals surface area contributed by atoms with E-state index >= 15 is 4.39 Å². The molecule has 4 rings (SSSR count). The van der Waals surface area contributed by atoms with Gasteiger partial charge in [0.05, 0.1) is 30.5 Å². The highest BCUT2D eigenvalue weighted by atomic mass is 19.4. The smallest absolute Gasteiger partial charge is 0.416 e. The lowest BCUT2D eigenvalue weighted by molar-refractivity contribution is -0.142. The summed E-state index contributed by atoms with van der Waals surface area (Å²) in [4.78, 5) is 15.9. The van der Waals surface area contributed by atoms with Gasteiger partial charge in [0.15, 0.2) is 5.82 Å². The SMILES string of the molecule is CCOC(=O)Cc1ccc(C(F)(F)F)cc1OCc1cc(-c2ccnc(CN)c2F)c2occc2c1. The number of alkyl halides is 3. The van der Waals surface area contributed by atoms with Crippen LogP contribution in [0.4, 0.5) is 17.6 Å². The second-order valence-electron chi connectivity index (χ2n) is 7.90. The van der Waals surface area contributed by atoms with Gasteiger partial charge in [-0.25, -0.2) is 4.39 Å². The van der Waals surface area contributed by atoms with Crippen LogP contribution in [-0.2, 0) is 35.3 Å². The van der Waals surface area contributed by atoms with Crippen LogP contribution in [0.1, 0.15) is 29.3 Å². The Morgan fingerprint density at radius 3 is 2.64 bits per heavy atom. The zero-order valence-electron chi connectivity index (χ0n) is 19.2. The molecule has 0 aliphatic rings. The summed E-state index contributed by atoms with van der Waals surface area (Å²) in [6.45, 7) is 1.53. The summed E-state index contributed by atoms with van der Waals surface area (Å²) in [5, 5.41) is 0.646. The molecule has 0 radical (unpaired) electrons. The number of ether oxygens (including phenoxy) is 2. The Morgan fingerprint density at radius 2 is 1.92 bits per heavy atom. The third-order valence-corrected chi connectivity index (χ3v) is 5.48. The molecule has 2 heterocycles. The molecule has 36 heavy (non-hydrogen) atoms. The Hall–Kier alpha value is -3.92. The van der Waals surface area contributed by atoms with Gasteiger partial charge in [-0.1, -0.05) is 6.07 Å². The number of pyridine rings is 1. The maximum Gasteiger partial charge on any atom is 0.416 e. The Labute approximate surface area is 203 Å². The molecule has 0 bridgehead atoms. The van der Waals surface area contributed by atoms with Gasteiger partial charge in [0, 0.05) is 34.8 Å². The van der Waals surface area contributed by atoms with E-state index in [2.05, 4.69) is 4.98 Å². The van der Waals surface area contributed by atoms with Gasteiger partial charge in [-0.05, 0) is 48.9 Å². The minimum absolute atomic E-state index is 0.0847. The van der Waals surface area contributed by atoms with Crippen LogP contribution >= 0.6 is 0 Å². The number of nitrogens with two attached hydrogens (primary N) is 1. The summed E-state index contributed by atoms with van der Waals surface area (Å²) in [7, 11) is 0. The van der Waals surface area contributed by atoms with Crippen molar-refractivity contribution in [1.82, 2.24) is 4.98 Å². The van der Waals surface area contributed by atoms with E-state index < -0.39 is 23.5 Å². The molecule has 0 unspecified atom stereocenters. The third-order valence-electron chi connectivity index (χ3n) is 5.48. The molecule has 0 amide bonds. The van der Waals surface area contributed by atoms with Gasteiger partial charge in [0.2, 0.25) is 0 Å². The van der Waals surface area contributed by atoms with Crippen LogP contribution in [0.2, 0.25) is 0 Å². The molecular formula is C26H22F4N2O4. The average molecular weight is 502 g/mol. The summed E-state index contributed by atoms with van der Waals surface area (Å²) >= 11 is 0. The monoisotopic (exact) mass is 502 g/mol. The number of carbonyl (C=O) groups is 1. The number of hydrogen-bond acceptors (Lipinski definition) is 6. The van der Waals surface area contributed by atoms with Gasteiger partial charge < -0.3 is 19.6 Å². The summed E-state index contributed by atoms with van der Waals surface area (Å²) < 4.78 is 71.2. The highest BCUT2D eigenvalue weighted by Gasteiger charge is 2.31. The zero-order valence-corrected chi connectivity index (χ0v) is 19.2. The van der Waals surface area contributed by atoms with Crippen molar-refractivity contribution < 1.29 is 36.2 Å². The van der Waals surface area contributed by atoms with E-state index in [1.54, 1.807) is 25.1 Å². The number of carbonyl (C=O) groups excluding carboxylic acids is 1. The molecule has 0 spiro atoms. The van der Waals surface area contributed by atoms with Crippen molar-refractivity contribution >= 4 is 16.9 Å². The Balaban J connectivity index is 1.70. The molecule has 0 atom stereocenters. The van der Waals surface area contributed by atoms with Gasteiger partial charge in [0.1, 0.15) is 17.9 Å². The van der Waals surface area contributed by atoms with Crippen LogP contribution < -0.4 is 10.5 Å². The van der Waals surface area contributed by atoms with E-state index in [-0.39, 0.29) is 48.7 Å². The minimum Gasteiger partial charge on any atom is -0.489 e. The topological polar surface area (TPSA) is 87.6 Å². The third kappa shape index (κ3) is 5.33. The second kappa shape index (κ2) is 10.4. The molecule has 6 nitrogen and oxygen atoms in total. The Bertz CT molecular complexity index is 1400. The van der Waals surface area contributed by atoms with Crippen molar-refractivity contribution in [2.24, 2.45) is 5.73 Å². The molecule has 0 aliphatic carbocycles. The number of nitrogens with zero attached hydrogens (tertiary/aromatic N) is 1. The number of halogens is 4. The first-order valence-electron chi connectivity index (χ1n) is 11.0. The fraction of sp³-hybridized carbons (Fsp3) is 0.231. The maximum atomic E-state index is 15.0. The first-order chi connectivity index (χ1) is 17.2. The van der Waals surface area contributed by atoms with Crippen LogP contribution in [0, 0.1) is 5.82 Å². The number of benzene rings is 2. The van der Waals surface area contributed by atoms with E-state index in [9.17, 15) is 18.0 Å². The van der Waals surface area contributed by atoms with Gasteiger partial charge in [-0.2, -0.15) is 13.2 Å². The van der Waals surface area contributed by atoms with E-state index in [0.717, 1.165) is 12.1 Å². The summed E-state index contributed by atoms with van der Waals surface area (Å²) in [5.41, 5.74) is 6.61. The number of aromatic nitrogens is 1. The fourth-order valence-electron chi connectivity index (χ4n) is 3.80. The van der Waals surface area contributed by atoms with E-state index in [1.165, 1.54) is 24.6 Å². The number of esters is 1. The maximum absolute atomic E-state index is 15.0. The first-order valence-corrected chi connectivity index (χ1v) is 11.0. The van der Waals surface area contributed by atoms with Crippen LogP contribution in [0.25, 0.3) is 22.1 Å². The van der Waals surface area contributed by atoms with Crippen molar-refractivity contribution in [1.29, 1.82) is 0 Å². The Kier molecular flexibility index (Phi) is 7.25. The lowest BCUT2D eigenvalue weighted by Gasteiger charge is -2.15. The molecule has 0 saturated heterocycles. The molecular weight excluding hydrogens is 480 g/mol. The van der Waals surface area contributed by atoms with E-state index in [0.29, 0.717) is 22.1 Å². The molecule has 4 aromatic rings. The second-order valence-corrected chi connectivity index (χ2v) is 7.90. The van der Waals surface area contributed by atoms with Crippen LogP contribution in [0.15, 0.2) is 59.3 Å². The molecule has 2 aromatic carbocycles. The zero-order chi connectivity index (χ0) is 25.9. The van der Waals surface area contributed by atoms with E-state index in [4.69, 9.17) is 19.6 Å². The normalized spacial score (nSPS) is 11.6. The Morgan fingerprint density at radius 1 is 1.11 bits per heavy atom. The number of hydrogen-bond donors (Lipinski definition) is 1. The van der Waals surface area contributed by atoms with Crippen molar-refractivity contribution in [2.75, 3.05) is 6.61 Å². The predicted octanol–water partition coefficient (Wildman–Crippen LogP) is 5.80. The van der Waals surface area contributed by atoms with Crippen LogP contribution in [-0.4, -0.2) is 17.6 Å². The molecule has 10 heteroatoms. The number of fused-ring (bicyclic) bond motifs is 1. The average Bonchev–Trinajstić information content (AvgIpc) is 3.31. The van der Waals surface area contributed by atoms with Gasteiger partial charge >= 0.3 is 12.1 Å². The predicted molar refractivity (Wildman–Crippen MR) is 123 cm³/mol. The van der Waals surface area contributed by atoms with Crippen molar-refractivity contribution in [2.45, 2.75) is 32.7 Å². The highest BCUT2D eigenvalue weighted by molar-refractivity contribution is 5.93. The first kappa shape index (κ1) is 25.2. The van der Waals surface area contributed by atoms with Crippen molar-refractivity contribution in [3.8, 4) is 16.9 Å². The number of furan rings is 1. The molecule has 188 valence electrons. The van der Waals surface area contributed by atoms with Crippen LogP contribution in [0.5, 0.6) is 5.75 Å². The van der Waals surface area contributed by atoms with Gasteiger partial charge in [0.25, 0.3) is 0 Å². The highest BCUT2D eigenvalue weighted by Crippen LogP contribution is 2.36. The molecule has 0 fully saturated rings. The quantitative estimate of drug-likeness (QED) is 0.242. The summed E-state index contributed by atoms with van der Waals surface area (Å²) in [6.07, 6.45) is -1.96. The van der Waals surface area contributed by atoms with Crippen LogP contribution in [0.3, 0.4) is 0 Å². The van der Waals surface area contributed by atoms with Gasteiger partial charge in [-0.15, -0.1) is 0 Å². The molecule has 2 N–H and O–H groups in total. The largest absolute Gasteiger partial charge is 0.489 e. The lowest BCUT2D eigenvalue weighted by atomic mass is 10.00. The summed E-state index contributed by atoms with van der Waals surface area (Å²) in [5.74, 6) is -1.29. The van der Waals surface area contributed by atoms with E-state index in [1.807, 2.05) is 0 Å². The lowest BCUT2D eigenvalue weighted by Crippen LogP contribution is -2.11. The van der Waals surface area contributed by atoms with Gasteiger partial charge in [-0.3, -0.25) is 9.78 Å². The fourth-order valence-corrected chi connectivity index (χ4v) is 3.80. The van der Waals surface area contributed by atoms with Crippen molar-refractivity contribution in [3.63, 3.8) is 0 Å². The molecule has 0 saturated carbocycles. The summed E-state index contributed by atoms with van der Waals surface area (Å²) in [6, 6.07) is 9.45. The minimum atomic E-state index is -4.59. The molecule has 2 aromatic heterocycles. The van der Waals surface area contributed by atoms with Crippen molar-refractivity contribution in [3.05, 3.63) is 83.1 Å². The number of rotatable bonds is 8. The standard InChI is InChI=1S/C26H22F4N2O4/c1-2-34-23(33)11-16-3-4-18(26(28,29)30)12-22(16)36-14-15-9-17-6-8-35-25(17)20(10-15)19-5-7-32-21(13-31)24(19)27/h3-10,12H,2,11,13-14,31H2,1H3.